The summed E-state index contributed by atoms with van der Waals surface area (Å²) in [5.74, 6) is -0.290. The number of rotatable bonds is 5. The number of aryl methyl sites for hydroxylation is 2. The number of hydrogen-bond donors (Lipinski definition) is 1. The molecule has 0 spiro atoms. The lowest BCUT2D eigenvalue weighted by molar-refractivity contribution is -0.134. The number of carbonyl (C=O) groups excluding carboxylic acids is 2. The molecule has 0 saturated carbocycles. The van der Waals surface area contributed by atoms with Gasteiger partial charge in [-0.1, -0.05) is 6.07 Å². The first-order valence-corrected chi connectivity index (χ1v) is 7.70. The maximum Gasteiger partial charge on any atom is 0.243 e. The second-order valence-electron chi connectivity index (χ2n) is 5.88. The first-order chi connectivity index (χ1) is 10.5. The molecular weight excluding hydrogens is 280 g/mol. The van der Waals surface area contributed by atoms with Crippen molar-refractivity contribution in [3.05, 3.63) is 29.3 Å². The minimum absolute atomic E-state index is 0.0540. The van der Waals surface area contributed by atoms with E-state index in [2.05, 4.69) is 5.32 Å². The maximum atomic E-state index is 12.2. The van der Waals surface area contributed by atoms with Crippen molar-refractivity contribution < 1.29 is 14.3 Å². The van der Waals surface area contributed by atoms with E-state index in [4.69, 9.17) is 4.74 Å². The van der Waals surface area contributed by atoms with Gasteiger partial charge in [0.05, 0.1) is 12.6 Å². The van der Waals surface area contributed by atoms with E-state index in [0.29, 0.717) is 6.54 Å². The van der Waals surface area contributed by atoms with Crippen LogP contribution in [0.25, 0.3) is 0 Å². The van der Waals surface area contributed by atoms with Gasteiger partial charge in [0.25, 0.3) is 0 Å². The maximum absolute atomic E-state index is 12.2. The van der Waals surface area contributed by atoms with E-state index in [1.807, 2.05) is 32.0 Å². The fourth-order valence-electron chi connectivity index (χ4n) is 2.53. The van der Waals surface area contributed by atoms with E-state index in [-0.39, 0.29) is 24.5 Å². The monoisotopic (exact) mass is 304 g/mol. The van der Waals surface area contributed by atoms with E-state index < -0.39 is 0 Å². The molecule has 5 heteroatoms. The van der Waals surface area contributed by atoms with Gasteiger partial charge in [-0.2, -0.15) is 0 Å². The lowest BCUT2D eigenvalue weighted by Crippen LogP contribution is -2.41. The summed E-state index contributed by atoms with van der Waals surface area (Å²) in [5.41, 5.74) is 3.07. The molecule has 0 radical (unpaired) electrons. The molecule has 1 aliphatic heterocycles. The highest BCUT2D eigenvalue weighted by Crippen LogP contribution is 2.15. The zero-order valence-electron chi connectivity index (χ0n) is 13.5. The summed E-state index contributed by atoms with van der Waals surface area (Å²) in [6, 6.07) is 5.78. The van der Waals surface area contributed by atoms with Crippen LogP contribution in [0.2, 0.25) is 0 Å². The van der Waals surface area contributed by atoms with Crippen molar-refractivity contribution in [3.63, 3.8) is 0 Å². The lowest BCUT2D eigenvalue weighted by Gasteiger charge is -2.23. The van der Waals surface area contributed by atoms with Crippen LogP contribution in [0.5, 0.6) is 0 Å². The van der Waals surface area contributed by atoms with Crippen molar-refractivity contribution in [3.8, 4) is 0 Å². The molecule has 22 heavy (non-hydrogen) atoms. The predicted molar refractivity (Wildman–Crippen MR) is 85.8 cm³/mol. The van der Waals surface area contributed by atoms with Gasteiger partial charge in [0.1, 0.15) is 0 Å². The van der Waals surface area contributed by atoms with Crippen LogP contribution >= 0.6 is 0 Å². The van der Waals surface area contributed by atoms with Crippen molar-refractivity contribution in [1.29, 1.82) is 0 Å². The Morgan fingerprint density at radius 2 is 2.09 bits per heavy atom. The van der Waals surface area contributed by atoms with Crippen molar-refractivity contribution >= 4 is 17.5 Å². The number of nitrogens with one attached hydrogen (secondary N) is 1. The third kappa shape index (κ3) is 4.56. The average Bonchev–Trinajstić information content (AvgIpc) is 2.95. The summed E-state index contributed by atoms with van der Waals surface area (Å²) in [4.78, 5) is 25.4. The van der Waals surface area contributed by atoms with Crippen molar-refractivity contribution in [1.82, 2.24) is 4.90 Å². The van der Waals surface area contributed by atoms with E-state index in [0.717, 1.165) is 30.7 Å². The molecule has 1 heterocycles. The molecule has 1 aliphatic rings. The molecule has 0 bridgehead atoms. The van der Waals surface area contributed by atoms with Gasteiger partial charge in [0, 0.05) is 25.8 Å². The molecule has 1 aromatic carbocycles. The Hall–Kier alpha value is -1.88. The Kier molecular flexibility index (Phi) is 5.55. The van der Waals surface area contributed by atoms with Crippen molar-refractivity contribution in [2.75, 3.05) is 25.0 Å². The summed E-state index contributed by atoms with van der Waals surface area (Å²) in [5, 5.41) is 2.85. The summed E-state index contributed by atoms with van der Waals surface area (Å²) < 4.78 is 5.54. The fraction of sp³-hybridized carbons (Fsp3) is 0.529. The largest absolute Gasteiger partial charge is 0.376 e. The lowest BCUT2D eigenvalue weighted by atomic mass is 10.1. The predicted octanol–water partition coefficient (Wildman–Crippen LogP) is 2.27. The van der Waals surface area contributed by atoms with Gasteiger partial charge >= 0.3 is 0 Å². The molecule has 1 unspecified atom stereocenters. The Morgan fingerprint density at radius 1 is 1.32 bits per heavy atom. The second-order valence-corrected chi connectivity index (χ2v) is 5.88. The van der Waals surface area contributed by atoms with Crippen LogP contribution in [0.3, 0.4) is 0 Å². The van der Waals surface area contributed by atoms with Gasteiger partial charge in [-0.05, 0) is 49.9 Å². The molecule has 0 aromatic heterocycles. The summed E-state index contributed by atoms with van der Waals surface area (Å²) in [6.45, 7) is 6.80. The third-order valence-corrected chi connectivity index (χ3v) is 4.02. The highest BCUT2D eigenvalue weighted by Gasteiger charge is 2.22. The summed E-state index contributed by atoms with van der Waals surface area (Å²) in [6.07, 6.45) is 2.02. The SMILES string of the molecule is CC(=O)N(CC(=O)Nc1ccc(C)c(C)c1)CC1CCCO1. The van der Waals surface area contributed by atoms with Crippen LogP contribution < -0.4 is 5.32 Å². The van der Waals surface area contributed by atoms with Crippen LogP contribution in [-0.2, 0) is 14.3 Å². The van der Waals surface area contributed by atoms with E-state index >= 15 is 0 Å². The number of benzene rings is 1. The smallest absolute Gasteiger partial charge is 0.243 e. The standard InChI is InChI=1S/C17H24N2O3/c1-12-6-7-15(9-13(12)2)18-17(21)11-19(14(3)20)10-16-5-4-8-22-16/h6-7,9,16H,4-5,8,10-11H2,1-3H3,(H,18,21). The third-order valence-electron chi connectivity index (χ3n) is 4.02. The van der Waals surface area contributed by atoms with E-state index in [1.54, 1.807) is 4.90 Å². The van der Waals surface area contributed by atoms with Crippen molar-refractivity contribution in [2.24, 2.45) is 0 Å². The second kappa shape index (κ2) is 7.40. The van der Waals surface area contributed by atoms with Crippen LogP contribution in [0, 0.1) is 13.8 Å². The minimum atomic E-state index is -0.184. The molecule has 2 rings (SSSR count). The molecule has 1 saturated heterocycles. The molecule has 1 atom stereocenters. The molecule has 120 valence electrons. The Morgan fingerprint density at radius 3 is 2.68 bits per heavy atom. The van der Waals surface area contributed by atoms with Gasteiger partial charge in [0.2, 0.25) is 11.8 Å². The Labute approximate surface area is 131 Å². The highest BCUT2D eigenvalue weighted by molar-refractivity contribution is 5.94. The fourth-order valence-corrected chi connectivity index (χ4v) is 2.53. The summed E-state index contributed by atoms with van der Waals surface area (Å²) in [7, 11) is 0. The number of hydrogen-bond acceptors (Lipinski definition) is 3. The van der Waals surface area contributed by atoms with Gasteiger partial charge in [-0.15, -0.1) is 0 Å². The summed E-state index contributed by atoms with van der Waals surface area (Å²) >= 11 is 0. The van der Waals surface area contributed by atoms with Crippen LogP contribution in [0.15, 0.2) is 18.2 Å². The van der Waals surface area contributed by atoms with Gasteiger partial charge in [0.15, 0.2) is 0 Å². The normalized spacial score (nSPS) is 17.3. The Balaban J connectivity index is 1.92. The average molecular weight is 304 g/mol. The van der Waals surface area contributed by atoms with Gasteiger partial charge in [-0.25, -0.2) is 0 Å². The minimum Gasteiger partial charge on any atom is -0.376 e. The molecule has 1 N–H and O–H groups in total. The number of ether oxygens (including phenoxy) is 1. The van der Waals surface area contributed by atoms with Gasteiger partial charge < -0.3 is 15.0 Å². The van der Waals surface area contributed by atoms with E-state index in [9.17, 15) is 9.59 Å². The highest BCUT2D eigenvalue weighted by atomic mass is 16.5. The number of nitrogens with zero attached hydrogens (tertiary/aromatic N) is 1. The number of anilines is 1. The molecule has 0 aliphatic carbocycles. The van der Waals surface area contributed by atoms with Crippen LogP contribution in [0.1, 0.15) is 30.9 Å². The van der Waals surface area contributed by atoms with Gasteiger partial charge in [-0.3, -0.25) is 9.59 Å². The first-order valence-electron chi connectivity index (χ1n) is 7.70. The molecule has 1 aromatic rings. The van der Waals surface area contributed by atoms with Crippen LogP contribution in [0.4, 0.5) is 5.69 Å². The quantitative estimate of drug-likeness (QED) is 0.908. The molecule has 1 fully saturated rings. The number of carbonyl (C=O) groups is 2. The zero-order chi connectivity index (χ0) is 16.1. The molecule has 5 nitrogen and oxygen atoms in total. The van der Waals surface area contributed by atoms with Crippen LogP contribution in [-0.4, -0.2) is 42.5 Å². The van der Waals surface area contributed by atoms with E-state index in [1.165, 1.54) is 12.5 Å². The van der Waals surface area contributed by atoms with Crippen molar-refractivity contribution in [2.45, 2.75) is 39.7 Å². The molecule has 2 amide bonds. The number of amides is 2. The zero-order valence-corrected chi connectivity index (χ0v) is 13.5. The topological polar surface area (TPSA) is 58.6 Å². The molecular formula is C17H24N2O3. The first kappa shape index (κ1) is 16.5. The Bertz CT molecular complexity index is 551.